The van der Waals surface area contributed by atoms with Crippen LogP contribution in [0.3, 0.4) is 0 Å². The second kappa shape index (κ2) is 4.42. The molecule has 0 aliphatic rings. The van der Waals surface area contributed by atoms with Gasteiger partial charge in [0.2, 0.25) is 5.95 Å². The second-order valence-electron chi connectivity index (χ2n) is 3.62. The van der Waals surface area contributed by atoms with Crippen molar-refractivity contribution in [3.8, 4) is 6.01 Å². The van der Waals surface area contributed by atoms with Crippen LogP contribution in [0.4, 0.5) is 5.95 Å². The number of H-pyrrole nitrogens is 1. The van der Waals surface area contributed by atoms with Gasteiger partial charge in [0.1, 0.15) is 0 Å². The number of anilines is 1. The van der Waals surface area contributed by atoms with Crippen molar-refractivity contribution >= 4 is 17.1 Å². The number of aromatic hydroxyl groups is 1. The SMILES string of the molecule is Nc1nc2c(nc(O)n2CCCCO)c(=O)[nH]1. The lowest BCUT2D eigenvalue weighted by Crippen LogP contribution is -2.12. The predicted molar refractivity (Wildman–Crippen MR) is 60.5 cm³/mol. The van der Waals surface area contributed by atoms with Crippen LogP contribution < -0.4 is 11.3 Å². The Bertz CT molecular complexity index is 588. The highest BCUT2D eigenvalue weighted by Crippen LogP contribution is 2.16. The number of unbranched alkanes of at least 4 members (excludes halogenated alkanes) is 1. The highest BCUT2D eigenvalue weighted by Gasteiger charge is 2.14. The number of rotatable bonds is 4. The monoisotopic (exact) mass is 239 g/mol. The average Bonchev–Trinajstić information content (AvgIpc) is 2.57. The first kappa shape index (κ1) is 11.4. The molecule has 0 radical (unpaired) electrons. The largest absolute Gasteiger partial charge is 0.480 e. The molecule has 2 aromatic heterocycles. The molecule has 0 unspecified atom stereocenters. The van der Waals surface area contributed by atoms with Crippen LogP contribution >= 0.6 is 0 Å². The molecule has 0 aliphatic heterocycles. The fourth-order valence-corrected chi connectivity index (χ4v) is 1.60. The topological polar surface area (TPSA) is 130 Å². The molecule has 17 heavy (non-hydrogen) atoms. The number of aromatic amines is 1. The molecule has 0 aromatic carbocycles. The van der Waals surface area contributed by atoms with Gasteiger partial charge in [0.15, 0.2) is 11.2 Å². The minimum absolute atomic E-state index is 0.0224. The average molecular weight is 239 g/mol. The van der Waals surface area contributed by atoms with E-state index in [2.05, 4.69) is 15.0 Å². The third kappa shape index (κ3) is 2.07. The van der Waals surface area contributed by atoms with Gasteiger partial charge in [-0.3, -0.25) is 14.3 Å². The van der Waals surface area contributed by atoms with E-state index in [1.165, 1.54) is 4.57 Å². The van der Waals surface area contributed by atoms with Crippen LogP contribution in [0.1, 0.15) is 12.8 Å². The second-order valence-corrected chi connectivity index (χ2v) is 3.62. The Hall–Kier alpha value is -2.09. The summed E-state index contributed by atoms with van der Waals surface area (Å²) in [5, 5.41) is 18.3. The molecule has 0 saturated heterocycles. The Morgan fingerprint density at radius 2 is 2.12 bits per heavy atom. The van der Waals surface area contributed by atoms with Crippen LogP contribution in [0.5, 0.6) is 6.01 Å². The molecule has 0 atom stereocenters. The lowest BCUT2D eigenvalue weighted by Gasteiger charge is -2.03. The molecular formula is C9H13N5O3. The molecule has 0 aliphatic carbocycles. The van der Waals surface area contributed by atoms with Crippen molar-refractivity contribution in [1.29, 1.82) is 0 Å². The van der Waals surface area contributed by atoms with Crippen molar-refractivity contribution in [2.75, 3.05) is 12.3 Å². The lowest BCUT2D eigenvalue weighted by atomic mass is 10.3. The van der Waals surface area contributed by atoms with Crippen molar-refractivity contribution in [3.05, 3.63) is 10.4 Å². The number of imidazole rings is 1. The molecule has 0 saturated carbocycles. The Morgan fingerprint density at radius 3 is 2.82 bits per heavy atom. The summed E-state index contributed by atoms with van der Waals surface area (Å²) < 4.78 is 1.40. The third-order valence-electron chi connectivity index (χ3n) is 2.39. The summed E-state index contributed by atoms with van der Waals surface area (Å²) in [7, 11) is 0. The molecule has 8 heteroatoms. The summed E-state index contributed by atoms with van der Waals surface area (Å²) in [5.41, 5.74) is 5.25. The van der Waals surface area contributed by atoms with Gasteiger partial charge in [-0.05, 0) is 12.8 Å². The number of nitrogen functional groups attached to an aromatic ring is 1. The summed E-state index contributed by atoms with van der Waals surface area (Å²) >= 11 is 0. The van der Waals surface area contributed by atoms with Gasteiger partial charge in [0.25, 0.3) is 11.6 Å². The predicted octanol–water partition coefficient (Wildman–Crippen LogP) is -0.820. The summed E-state index contributed by atoms with van der Waals surface area (Å²) in [6.45, 7) is 0.488. The molecule has 0 bridgehead atoms. The zero-order chi connectivity index (χ0) is 12.4. The summed E-state index contributed by atoms with van der Waals surface area (Å²) in [6.07, 6.45) is 1.24. The standard InChI is InChI=1S/C9H13N5O3/c10-8-12-6-5(7(16)13-8)11-9(17)14(6)3-1-2-4-15/h15H,1-4H2,(H,11,17)(H3,10,12,13,16). The molecule has 8 nitrogen and oxygen atoms in total. The first-order chi connectivity index (χ1) is 8.13. The molecular weight excluding hydrogens is 226 g/mol. The van der Waals surface area contributed by atoms with Crippen molar-refractivity contribution in [2.45, 2.75) is 19.4 Å². The lowest BCUT2D eigenvalue weighted by molar-refractivity contribution is 0.279. The maximum Gasteiger partial charge on any atom is 0.296 e. The zero-order valence-electron chi connectivity index (χ0n) is 9.05. The number of aliphatic hydroxyl groups is 1. The molecule has 0 fully saturated rings. The van der Waals surface area contributed by atoms with E-state index in [4.69, 9.17) is 10.8 Å². The Labute approximate surface area is 95.7 Å². The highest BCUT2D eigenvalue weighted by molar-refractivity contribution is 5.72. The van der Waals surface area contributed by atoms with Crippen molar-refractivity contribution < 1.29 is 10.2 Å². The number of nitrogens with one attached hydrogen (secondary N) is 1. The zero-order valence-corrected chi connectivity index (χ0v) is 9.05. The van der Waals surface area contributed by atoms with Gasteiger partial charge in [-0.2, -0.15) is 9.97 Å². The van der Waals surface area contributed by atoms with Crippen LogP contribution in [0.25, 0.3) is 11.2 Å². The Morgan fingerprint density at radius 1 is 1.35 bits per heavy atom. The fraction of sp³-hybridized carbons (Fsp3) is 0.444. The number of aryl methyl sites for hydroxylation is 1. The van der Waals surface area contributed by atoms with Gasteiger partial charge in [0.05, 0.1) is 0 Å². The molecule has 0 amide bonds. The maximum atomic E-state index is 11.5. The molecule has 5 N–H and O–H groups in total. The smallest absolute Gasteiger partial charge is 0.296 e. The fourth-order valence-electron chi connectivity index (χ4n) is 1.60. The van der Waals surface area contributed by atoms with E-state index >= 15 is 0 Å². The van der Waals surface area contributed by atoms with E-state index in [0.717, 1.165) is 0 Å². The van der Waals surface area contributed by atoms with Crippen molar-refractivity contribution in [1.82, 2.24) is 19.5 Å². The summed E-state index contributed by atoms with van der Waals surface area (Å²) in [5.74, 6) is -0.0224. The van der Waals surface area contributed by atoms with Crippen molar-refractivity contribution in [3.63, 3.8) is 0 Å². The van der Waals surface area contributed by atoms with Gasteiger partial charge in [0, 0.05) is 13.2 Å². The van der Waals surface area contributed by atoms with Gasteiger partial charge < -0.3 is 15.9 Å². The highest BCUT2D eigenvalue weighted by atomic mass is 16.3. The minimum Gasteiger partial charge on any atom is -0.480 e. The van der Waals surface area contributed by atoms with Crippen LogP contribution in [0.15, 0.2) is 4.79 Å². The van der Waals surface area contributed by atoms with E-state index in [1.54, 1.807) is 0 Å². The number of fused-ring (bicyclic) bond motifs is 1. The molecule has 2 aromatic rings. The molecule has 92 valence electrons. The van der Waals surface area contributed by atoms with Crippen LogP contribution in [-0.4, -0.2) is 36.3 Å². The van der Waals surface area contributed by atoms with Gasteiger partial charge >= 0.3 is 0 Å². The number of hydrogen-bond acceptors (Lipinski definition) is 6. The van der Waals surface area contributed by atoms with Crippen LogP contribution in [0.2, 0.25) is 0 Å². The Balaban J connectivity index is 2.47. The summed E-state index contributed by atoms with van der Waals surface area (Å²) in [4.78, 5) is 21.5. The van der Waals surface area contributed by atoms with Gasteiger partial charge in [-0.25, -0.2) is 0 Å². The van der Waals surface area contributed by atoms with Gasteiger partial charge in [-0.1, -0.05) is 0 Å². The van der Waals surface area contributed by atoms with E-state index in [0.29, 0.717) is 19.4 Å². The quantitative estimate of drug-likeness (QED) is 0.516. The summed E-state index contributed by atoms with van der Waals surface area (Å²) in [6, 6.07) is -0.276. The molecule has 2 heterocycles. The Kier molecular flexibility index (Phi) is 2.96. The number of nitrogens with zero attached hydrogens (tertiary/aromatic N) is 3. The van der Waals surface area contributed by atoms with Gasteiger partial charge in [-0.15, -0.1) is 0 Å². The maximum absolute atomic E-state index is 11.5. The normalized spacial score (nSPS) is 11.1. The molecule has 2 rings (SSSR count). The number of nitrogens with two attached hydrogens (primary N) is 1. The number of aliphatic hydroxyl groups excluding tert-OH is 1. The first-order valence-corrected chi connectivity index (χ1v) is 5.19. The van der Waals surface area contributed by atoms with Crippen LogP contribution in [-0.2, 0) is 6.54 Å². The van der Waals surface area contributed by atoms with Crippen LogP contribution in [0, 0.1) is 0 Å². The number of hydrogen-bond donors (Lipinski definition) is 4. The van der Waals surface area contributed by atoms with E-state index < -0.39 is 5.56 Å². The molecule has 0 spiro atoms. The third-order valence-corrected chi connectivity index (χ3v) is 2.39. The number of aromatic nitrogens is 4. The first-order valence-electron chi connectivity index (χ1n) is 5.19. The van der Waals surface area contributed by atoms with E-state index in [9.17, 15) is 9.90 Å². The van der Waals surface area contributed by atoms with Crippen molar-refractivity contribution in [2.24, 2.45) is 0 Å². The van der Waals surface area contributed by atoms with E-state index in [1.807, 2.05) is 0 Å². The van der Waals surface area contributed by atoms with E-state index in [-0.39, 0.29) is 29.7 Å². The minimum atomic E-state index is -0.483.